The maximum absolute atomic E-state index is 13.0. The van der Waals surface area contributed by atoms with Crippen LogP contribution in [0.25, 0.3) is 11.3 Å². The van der Waals surface area contributed by atoms with Crippen LogP contribution in [0.3, 0.4) is 0 Å². The molecule has 4 rings (SSSR count). The van der Waals surface area contributed by atoms with Gasteiger partial charge in [0, 0.05) is 9.13 Å². The lowest BCUT2D eigenvalue weighted by atomic mass is 9.90. The van der Waals surface area contributed by atoms with Gasteiger partial charge >= 0.3 is 0 Å². The van der Waals surface area contributed by atoms with Crippen LogP contribution in [0.4, 0.5) is 0 Å². The van der Waals surface area contributed by atoms with Crippen molar-refractivity contribution in [1.82, 2.24) is 10.7 Å². The predicted octanol–water partition coefficient (Wildman–Crippen LogP) is 4.95. The van der Waals surface area contributed by atoms with E-state index in [1.165, 1.54) is 6.21 Å². The number of rotatable bonds is 8. The molecule has 6 nitrogen and oxygen atoms in total. The first kappa shape index (κ1) is 23.4. The van der Waals surface area contributed by atoms with Crippen molar-refractivity contribution in [3.8, 4) is 11.3 Å². The van der Waals surface area contributed by atoms with Crippen molar-refractivity contribution in [2.45, 2.75) is 5.92 Å². The molecule has 0 saturated heterocycles. The van der Waals surface area contributed by atoms with Crippen LogP contribution in [0.1, 0.15) is 22.8 Å². The third-order valence-corrected chi connectivity index (χ3v) is 5.81. The van der Waals surface area contributed by atoms with Gasteiger partial charge < -0.3 is 9.73 Å². The Labute approximate surface area is 211 Å². The first-order valence-electron chi connectivity index (χ1n) is 10.7. The Morgan fingerprint density at radius 1 is 0.853 bits per heavy atom. The molecule has 1 heterocycles. The Morgan fingerprint density at radius 3 is 2.09 bits per heavy atom. The molecule has 0 spiro atoms. The molecular weight excluding hydrogens is 541 g/mol. The van der Waals surface area contributed by atoms with Crippen molar-refractivity contribution >= 4 is 40.6 Å². The third kappa shape index (κ3) is 6.20. The number of hydrogen-bond acceptors (Lipinski definition) is 4. The summed E-state index contributed by atoms with van der Waals surface area (Å²) < 4.78 is 6.89. The van der Waals surface area contributed by atoms with Gasteiger partial charge in [-0.2, -0.15) is 5.10 Å². The second kappa shape index (κ2) is 11.4. The summed E-state index contributed by atoms with van der Waals surface area (Å²) in [6.07, 6.45) is 1.42. The van der Waals surface area contributed by atoms with Gasteiger partial charge in [0.2, 0.25) is 5.91 Å². The predicted molar refractivity (Wildman–Crippen MR) is 140 cm³/mol. The maximum Gasteiger partial charge on any atom is 0.259 e. The fourth-order valence-corrected chi connectivity index (χ4v) is 3.81. The van der Waals surface area contributed by atoms with E-state index in [2.05, 4.69) is 38.4 Å². The van der Waals surface area contributed by atoms with Crippen LogP contribution in [-0.2, 0) is 9.59 Å². The SMILES string of the molecule is O=C(CNC(=O)C(c1ccccc1)c1ccccc1)N/N=C\c1ccc(-c2ccc(I)cc2)o1. The monoisotopic (exact) mass is 563 g/mol. The van der Waals surface area contributed by atoms with Crippen LogP contribution < -0.4 is 10.7 Å². The highest BCUT2D eigenvalue weighted by atomic mass is 127. The van der Waals surface area contributed by atoms with Crippen molar-refractivity contribution in [2.75, 3.05) is 6.54 Å². The molecule has 0 saturated carbocycles. The summed E-state index contributed by atoms with van der Waals surface area (Å²) in [5.41, 5.74) is 5.08. The lowest BCUT2D eigenvalue weighted by Crippen LogP contribution is -2.37. The number of benzene rings is 3. The van der Waals surface area contributed by atoms with E-state index in [1.54, 1.807) is 6.07 Å². The average Bonchev–Trinajstić information content (AvgIpc) is 3.34. The molecule has 34 heavy (non-hydrogen) atoms. The van der Waals surface area contributed by atoms with E-state index >= 15 is 0 Å². The molecule has 0 aliphatic rings. The molecule has 0 radical (unpaired) electrons. The van der Waals surface area contributed by atoms with E-state index in [0.29, 0.717) is 11.5 Å². The van der Waals surface area contributed by atoms with Gasteiger partial charge in [0.25, 0.3) is 5.91 Å². The molecular formula is C27H22IN3O3. The Bertz CT molecular complexity index is 1230. The molecule has 7 heteroatoms. The summed E-state index contributed by atoms with van der Waals surface area (Å²) in [5, 5.41) is 6.64. The van der Waals surface area contributed by atoms with Crippen LogP contribution in [0, 0.1) is 3.57 Å². The van der Waals surface area contributed by atoms with Crippen molar-refractivity contribution < 1.29 is 14.0 Å². The van der Waals surface area contributed by atoms with Gasteiger partial charge in [0.1, 0.15) is 11.5 Å². The number of halogens is 1. The molecule has 4 aromatic rings. The number of nitrogens with one attached hydrogen (secondary N) is 2. The van der Waals surface area contributed by atoms with E-state index in [4.69, 9.17) is 4.42 Å². The highest BCUT2D eigenvalue weighted by Gasteiger charge is 2.22. The number of nitrogens with zero attached hydrogens (tertiary/aromatic N) is 1. The quantitative estimate of drug-likeness (QED) is 0.181. The molecule has 0 aliphatic heterocycles. The summed E-state index contributed by atoms with van der Waals surface area (Å²) in [5.74, 6) is 0.00975. The molecule has 0 unspecified atom stereocenters. The molecule has 0 bridgehead atoms. The number of carbonyl (C=O) groups excluding carboxylic acids is 2. The van der Waals surface area contributed by atoms with Crippen molar-refractivity contribution in [3.05, 3.63) is 118 Å². The summed E-state index contributed by atoms with van der Waals surface area (Å²) in [6, 6.07) is 30.5. The number of amides is 2. The third-order valence-electron chi connectivity index (χ3n) is 5.09. The molecule has 0 atom stereocenters. The van der Waals surface area contributed by atoms with Crippen LogP contribution in [0.5, 0.6) is 0 Å². The molecule has 2 N–H and O–H groups in total. The zero-order valence-corrected chi connectivity index (χ0v) is 20.3. The fraction of sp³-hybridized carbons (Fsp3) is 0.0741. The van der Waals surface area contributed by atoms with E-state index < -0.39 is 11.8 Å². The largest absolute Gasteiger partial charge is 0.455 e. The van der Waals surface area contributed by atoms with E-state index in [0.717, 1.165) is 20.3 Å². The number of furan rings is 1. The van der Waals surface area contributed by atoms with Crippen LogP contribution >= 0.6 is 22.6 Å². The average molecular weight is 563 g/mol. The highest BCUT2D eigenvalue weighted by Crippen LogP contribution is 2.25. The van der Waals surface area contributed by atoms with E-state index in [9.17, 15) is 9.59 Å². The number of carbonyl (C=O) groups is 2. The minimum atomic E-state index is -0.512. The molecule has 2 amide bonds. The molecule has 0 aliphatic carbocycles. The summed E-state index contributed by atoms with van der Waals surface area (Å²) >= 11 is 2.25. The van der Waals surface area contributed by atoms with Gasteiger partial charge in [0.15, 0.2) is 0 Å². The number of hydrazone groups is 1. The van der Waals surface area contributed by atoms with Crippen molar-refractivity contribution in [1.29, 1.82) is 0 Å². The first-order chi connectivity index (χ1) is 16.6. The minimum Gasteiger partial charge on any atom is -0.455 e. The fourth-order valence-electron chi connectivity index (χ4n) is 3.45. The van der Waals surface area contributed by atoms with Gasteiger partial charge in [-0.3, -0.25) is 9.59 Å². The molecule has 170 valence electrons. The second-order valence-corrected chi connectivity index (χ2v) is 8.72. The Balaban J connectivity index is 1.33. The smallest absolute Gasteiger partial charge is 0.259 e. The Morgan fingerprint density at radius 2 is 1.47 bits per heavy atom. The van der Waals surface area contributed by atoms with Crippen LogP contribution in [-0.4, -0.2) is 24.6 Å². The van der Waals surface area contributed by atoms with Gasteiger partial charge in [0.05, 0.1) is 18.7 Å². The molecule has 3 aromatic carbocycles. The zero-order chi connectivity index (χ0) is 23.8. The maximum atomic E-state index is 13.0. The van der Waals surface area contributed by atoms with Crippen LogP contribution in [0.15, 0.2) is 107 Å². The Hall–Kier alpha value is -3.72. The van der Waals surface area contributed by atoms with Gasteiger partial charge in [-0.15, -0.1) is 0 Å². The lowest BCUT2D eigenvalue weighted by molar-refractivity contribution is -0.126. The minimum absolute atomic E-state index is 0.196. The van der Waals surface area contributed by atoms with Gasteiger partial charge in [-0.05, 0) is 58.0 Å². The normalized spacial score (nSPS) is 11.0. The van der Waals surface area contributed by atoms with E-state index in [-0.39, 0.29) is 12.5 Å². The van der Waals surface area contributed by atoms with Crippen LogP contribution in [0.2, 0.25) is 0 Å². The number of hydrogen-bond donors (Lipinski definition) is 2. The lowest BCUT2D eigenvalue weighted by Gasteiger charge is -2.17. The van der Waals surface area contributed by atoms with Crippen molar-refractivity contribution in [2.24, 2.45) is 5.10 Å². The topological polar surface area (TPSA) is 83.7 Å². The molecule has 0 fully saturated rings. The van der Waals surface area contributed by atoms with Crippen molar-refractivity contribution in [3.63, 3.8) is 0 Å². The molecule has 1 aromatic heterocycles. The van der Waals surface area contributed by atoms with Gasteiger partial charge in [-0.25, -0.2) is 5.43 Å². The van der Waals surface area contributed by atoms with Gasteiger partial charge in [-0.1, -0.05) is 72.8 Å². The Kier molecular flexibility index (Phi) is 7.87. The first-order valence-corrected chi connectivity index (χ1v) is 11.7. The zero-order valence-electron chi connectivity index (χ0n) is 18.1. The standard InChI is InChI=1S/C27H22IN3O3/c28-22-13-11-19(12-14-22)24-16-15-23(34-24)17-30-31-25(32)18-29-27(33)26(20-7-3-1-4-8-20)21-9-5-2-6-10-21/h1-17,26H,18H2,(H,29,33)(H,31,32)/b30-17-. The highest BCUT2D eigenvalue weighted by molar-refractivity contribution is 14.1. The van der Waals surface area contributed by atoms with E-state index in [1.807, 2.05) is 91.0 Å². The summed E-state index contributed by atoms with van der Waals surface area (Å²) in [7, 11) is 0. The second-order valence-electron chi connectivity index (χ2n) is 7.47. The summed E-state index contributed by atoms with van der Waals surface area (Å²) in [6.45, 7) is -0.196. The summed E-state index contributed by atoms with van der Waals surface area (Å²) in [4.78, 5) is 25.2.